The highest BCUT2D eigenvalue weighted by Crippen LogP contribution is 2.41. The van der Waals surface area contributed by atoms with Crippen LogP contribution in [0.15, 0.2) is 54.7 Å². The lowest BCUT2D eigenvalue weighted by molar-refractivity contribution is 0.102. The molecule has 3 aromatic rings. The van der Waals surface area contributed by atoms with E-state index < -0.39 is 6.86 Å². The minimum atomic E-state index is -1.03. The molecular weight excluding hydrogens is 393 g/mol. The zero-order chi connectivity index (χ0) is 21.1. The topological polar surface area (TPSA) is 104 Å². The third-order valence-corrected chi connectivity index (χ3v) is 4.52. The van der Waals surface area contributed by atoms with Gasteiger partial charge >= 0.3 is 0 Å². The molecule has 0 bridgehead atoms. The third-order valence-electron chi connectivity index (χ3n) is 4.52. The lowest BCUT2D eigenvalue weighted by Gasteiger charge is -2.31. The van der Waals surface area contributed by atoms with E-state index in [1.807, 2.05) is 0 Å². The Kier molecular flexibility index (Phi) is 5.25. The van der Waals surface area contributed by atoms with Gasteiger partial charge in [-0.25, -0.2) is 9.37 Å². The van der Waals surface area contributed by atoms with Crippen LogP contribution in [-0.2, 0) is 0 Å². The van der Waals surface area contributed by atoms with Crippen LogP contribution < -0.4 is 19.7 Å². The van der Waals surface area contributed by atoms with Crippen molar-refractivity contribution in [2.45, 2.75) is 0 Å². The number of amides is 1. The van der Waals surface area contributed by atoms with E-state index in [0.717, 1.165) is 0 Å². The number of anilines is 3. The minimum Gasteiger partial charge on any atom is -0.508 e. The number of fused-ring (bicyclic) bond motifs is 1. The highest BCUT2D eigenvalue weighted by Gasteiger charge is 2.27. The monoisotopic (exact) mass is 411 g/mol. The number of hydrogen-bond donors (Lipinski definition) is 3. The van der Waals surface area contributed by atoms with Crippen LogP contribution in [-0.4, -0.2) is 41.1 Å². The van der Waals surface area contributed by atoms with Crippen LogP contribution in [0.4, 0.5) is 21.6 Å². The standard InChI is InChI=1S/C21H18FN3O5/c22-12-30-15-10-18(27)20(23-11-15)25-8-9-29-19-16(2-1-3-17(19)25)21(28)24-13-4-6-14(26)7-5-13/h1-7,10-11,26-27H,8-9,12H2,(H,24,28). The van der Waals surface area contributed by atoms with Crippen LogP contribution in [0.1, 0.15) is 10.4 Å². The summed E-state index contributed by atoms with van der Waals surface area (Å²) in [6, 6.07) is 12.5. The molecule has 0 atom stereocenters. The first kappa shape index (κ1) is 19.3. The molecule has 0 saturated heterocycles. The number of aromatic hydroxyl groups is 2. The molecule has 2 aromatic carbocycles. The molecule has 1 amide bonds. The number of nitrogens with one attached hydrogen (secondary N) is 1. The molecule has 1 aromatic heterocycles. The smallest absolute Gasteiger partial charge is 0.259 e. The van der Waals surface area contributed by atoms with Crippen molar-refractivity contribution in [2.75, 3.05) is 30.2 Å². The van der Waals surface area contributed by atoms with Crippen LogP contribution in [0.25, 0.3) is 0 Å². The van der Waals surface area contributed by atoms with Crippen LogP contribution >= 0.6 is 0 Å². The second-order valence-corrected chi connectivity index (χ2v) is 6.42. The normalized spacial score (nSPS) is 12.6. The van der Waals surface area contributed by atoms with Crippen molar-refractivity contribution in [2.24, 2.45) is 0 Å². The molecule has 0 radical (unpaired) electrons. The fraction of sp³-hybridized carbons (Fsp3) is 0.143. The van der Waals surface area contributed by atoms with Gasteiger partial charge in [-0.2, -0.15) is 0 Å². The number of carbonyl (C=O) groups excluding carboxylic acids is 1. The number of phenols is 1. The zero-order valence-electron chi connectivity index (χ0n) is 15.7. The van der Waals surface area contributed by atoms with Gasteiger partial charge in [0.1, 0.15) is 18.1 Å². The summed E-state index contributed by atoms with van der Waals surface area (Å²) in [5.74, 6) is 0.219. The number of rotatable bonds is 5. The fourth-order valence-electron chi connectivity index (χ4n) is 3.17. The second kappa shape index (κ2) is 8.16. The summed E-state index contributed by atoms with van der Waals surface area (Å²) in [4.78, 5) is 18.7. The van der Waals surface area contributed by atoms with Gasteiger partial charge in [0.2, 0.25) is 6.86 Å². The van der Waals surface area contributed by atoms with E-state index in [4.69, 9.17) is 9.47 Å². The van der Waals surface area contributed by atoms with Crippen molar-refractivity contribution in [3.05, 3.63) is 60.3 Å². The van der Waals surface area contributed by atoms with Crippen molar-refractivity contribution >= 4 is 23.1 Å². The van der Waals surface area contributed by atoms with Crippen LogP contribution in [0.3, 0.4) is 0 Å². The van der Waals surface area contributed by atoms with E-state index in [2.05, 4.69) is 10.3 Å². The number of phenolic OH excluding ortho intramolecular Hbond substituents is 1. The number of carbonyl (C=O) groups is 1. The number of para-hydroxylation sites is 1. The van der Waals surface area contributed by atoms with Crippen molar-refractivity contribution in [3.8, 4) is 23.0 Å². The minimum absolute atomic E-state index is 0.0966. The predicted octanol–water partition coefficient (Wildman–Crippen LogP) is 3.58. The second-order valence-electron chi connectivity index (χ2n) is 6.42. The van der Waals surface area contributed by atoms with Gasteiger partial charge in [0.15, 0.2) is 17.3 Å². The molecular formula is C21H18FN3O5. The summed E-state index contributed by atoms with van der Waals surface area (Å²) in [5, 5.41) is 22.5. The number of hydrogen-bond acceptors (Lipinski definition) is 7. The number of alkyl halides is 1. The van der Waals surface area contributed by atoms with Gasteiger partial charge in [0.05, 0.1) is 24.0 Å². The number of pyridine rings is 1. The van der Waals surface area contributed by atoms with Gasteiger partial charge in [0.25, 0.3) is 5.91 Å². The maximum Gasteiger partial charge on any atom is 0.259 e. The van der Waals surface area contributed by atoms with Gasteiger partial charge in [0, 0.05) is 11.8 Å². The molecule has 0 aliphatic carbocycles. The Morgan fingerprint density at radius 2 is 2.03 bits per heavy atom. The molecule has 0 fully saturated rings. The lowest BCUT2D eigenvalue weighted by atomic mass is 10.1. The summed E-state index contributed by atoms with van der Waals surface area (Å²) in [6.07, 6.45) is 1.31. The van der Waals surface area contributed by atoms with Gasteiger partial charge in [-0.05, 0) is 36.4 Å². The summed E-state index contributed by atoms with van der Waals surface area (Å²) in [6.45, 7) is -0.374. The third kappa shape index (κ3) is 3.77. The SMILES string of the molecule is O=C(Nc1ccc(O)cc1)c1cccc2c1OCCN2c1ncc(OCF)cc1O. The maximum absolute atomic E-state index is 12.8. The first-order chi connectivity index (χ1) is 14.6. The van der Waals surface area contributed by atoms with E-state index >= 15 is 0 Å². The number of benzene rings is 2. The quantitative estimate of drug-likeness (QED) is 0.551. The number of aromatic nitrogens is 1. The largest absolute Gasteiger partial charge is 0.508 e. The molecule has 2 heterocycles. The molecule has 154 valence electrons. The van der Waals surface area contributed by atoms with E-state index in [1.165, 1.54) is 24.4 Å². The molecule has 0 spiro atoms. The van der Waals surface area contributed by atoms with Crippen molar-refractivity contribution in [1.29, 1.82) is 0 Å². The van der Waals surface area contributed by atoms with Gasteiger partial charge in [-0.15, -0.1) is 0 Å². The van der Waals surface area contributed by atoms with Crippen molar-refractivity contribution < 1.29 is 28.9 Å². The Hall–Kier alpha value is -4.01. The van der Waals surface area contributed by atoms with Crippen LogP contribution in [0.2, 0.25) is 0 Å². The highest BCUT2D eigenvalue weighted by atomic mass is 19.1. The van der Waals surface area contributed by atoms with E-state index in [1.54, 1.807) is 35.2 Å². The Balaban J connectivity index is 1.65. The van der Waals surface area contributed by atoms with E-state index in [0.29, 0.717) is 29.2 Å². The first-order valence-electron chi connectivity index (χ1n) is 9.08. The number of halogens is 1. The van der Waals surface area contributed by atoms with Gasteiger partial charge in [-0.1, -0.05) is 6.07 Å². The van der Waals surface area contributed by atoms with Crippen molar-refractivity contribution in [1.82, 2.24) is 4.98 Å². The summed E-state index contributed by atoms with van der Waals surface area (Å²) in [7, 11) is 0. The summed E-state index contributed by atoms with van der Waals surface area (Å²) >= 11 is 0. The predicted molar refractivity (Wildman–Crippen MR) is 108 cm³/mol. The Bertz CT molecular complexity index is 1070. The molecule has 4 rings (SSSR count). The van der Waals surface area contributed by atoms with Crippen molar-refractivity contribution in [3.63, 3.8) is 0 Å². The molecule has 30 heavy (non-hydrogen) atoms. The highest BCUT2D eigenvalue weighted by molar-refractivity contribution is 6.07. The van der Waals surface area contributed by atoms with Crippen LogP contribution in [0, 0.1) is 0 Å². The van der Waals surface area contributed by atoms with Crippen LogP contribution in [0.5, 0.6) is 23.0 Å². The van der Waals surface area contributed by atoms with E-state index in [9.17, 15) is 19.4 Å². The summed E-state index contributed by atoms with van der Waals surface area (Å²) in [5.41, 5.74) is 1.38. The molecule has 1 aliphatic rings. The number of ether oxygens (including phenoxy) is 2. The fourth-order valence-corrected chi connectivity index (χ4v) is 3.17. The lowest BCUT2D eigenvalue weighted by Crippen LogP contribution is -2.30. The molecule has 3 N–H and O–H groups in total. The van der Waals surface area contributed by atoms with E-state index in [-0.39, 0.29) is 35.6 Å². The van der Waals surface area contributed by atoms with Gasteiger partial charge < -0.3 is 29.9 Å². The Morgan fingerprint density at radius 1 is 1.23 bits per heavy atom. The maximum atomic E-state index is 12.8. The average molecular weight is 411 g/mol. The first-order valence-corrected chi connectivity index (χ1v) is 9.08. The zero-order valence-corrected chi connectivity index (χ0v) is 15.7. The Morgan fingerprint density at radius 3 is 2.77 bits per heavy atom. The summed E-state index contributed by atoms with van der Waals surface area (Å²) < 4.78 is 22.8. The Labute approximate surface area is 171 Å². The molecule has 1 aliphatic heterocycles. The molecule has 8 nitrogen and oxygen atoms in total. The average Bonchev–Trinajstić information content (AvgIpc) is 2.75. The molecule has 0 unspecified atom stereocenters. The van der Waals surface area contributed by atoms with Gasteiger partial charge in [-0.3, -0.25) is 4.79 Å². The number of nitrogens with zero attached hydrogens (tertiary/aromatic N) is 2. The molecule has 9 heteroatoms. The molecule has 0 saturated carbocycles.